The Balaban J connectivity index is 1.62. The average molecular weight is 396 g/mol. The Kier molecular flexibility index (Phi) is 4.49. The van der Waals surface area contributed by atoms with Crippen LogP contribution in [0.15, 0.2) is 30.7 Å². The smallest absolute Gasteiger partial charge is 0.256 e. The van der Waals surface area contributed by atoms with Crippen molar-refractivity contribution in [2.45, 2.75) is 31.7 Å². The molecular weight excluding hydrogens is 375 g/mol. The van der Waals surface area contributed by atoms with Crippen molar-refractivity contribution in [1.29, 1.82) is 0 Å². The average Bonchev–Trinajstić information content (AvgIpc) is 3.37. The van der Waals surface area contributed by atoms with Crippen molar-refractivity contribution in [3.63, 3.8) is 0 Å². The van der Waals surface area contributed by atoms with E-state index in [-0.39, 0.29) is 17.8 Å². The van der Waals surface area contributed by atoms with Gasteiger partial charge < -0.3 is 15.0 Å². The second-order valence-corrected chi connectivity index (χ2v) is 7.32. The fourth-order valence-corrected chi connectivity index (χ4v) is 4.04. The Morgan fingerprint density at radius 3 is 3.10 bits per heavy atom. The molecule has 0 aromatic carbocycles. The minimum Gasteiger partial charge on any atom is -0.477 e. The molecule has 0 unspecified atom stereocenters. The van der Waals surface area contributed by atoms with Crippen molar-refractivity contribution in [3.05, 3.63) is 47.7 Å². The molecule has 1 amide bonds. The second-order valence-electron chi connectivity index (χ2n) is 7.32. The monoisotopic (exact) mass is 396 g/mol. The van der Waals surface area contributed by atoms with Gasteiger partial charge in [0.15, 0.2) is 5.65 Å². The molecule has 29 heavy (non-hydrogen) atoms. The molecule has 0 radical (unpaired) electrons. The first-order chi connectivity index (χ1) is 14.2. The topological polar surface area (TPSA) is 84.7 Å². The maximum absolute atomic E-state index is 14.0. The molecule has 150 valence electrons. The maximum atomic E-state index is 14.0. The summed E-state index contributed by atoms with van der Waals surface area (Å²) in [6.45, 7) is 1.76. The molecule has 5 heterocycles. The van der Waals surface area contributed by atoms with Gasteiger partial charge in [0.1, 0.15) is 17.2 Å². The number of halogens is 1. The summed E-state index contributed by atoms with van der Waals surface area (Å²) in [6.07, 6.45) is 7.83. The summed E-state index contributed by atoms with van der Waals surface area (Å²) in [7, 11) is 0. The van der Waals surface area contributed by atoms with Crippen LogP contribution < -0.4 is 15.0 Å². The molecular formula is C20H21FN6O2. The predicted octanol–water partition coefficient (Wildman–Crippen LogP) is 2.51. The Labute approximate surface area is 166 Å². The van der Waals surface area contributed by atoms with Gasteiger partial charge in [-0.15, -0.1) is 0 Å². The number of amides is 1. The van der Waals surface area contributed by atoms with Gasteiger partial charge in [-0.25, -0.2) is 18.9 Å². The molecule has 3 aromatic heterocycles. The van der Waals surface area contributed by atoms with Crippen molar-refractivity contribution in [1.82, 2.24) is 24.9 Å². The first kappa shape index (κ1) is 17.8. The van der Waals surface area contributed by atoms with Crippen LogP contribution in [0.4, 0.5) is 10.2 Å². The number of pyridine rings is 1. The van der Waals surface area contributed by atoms with Crippen LogP contribution >= 0.6 is 0 Å². The predicted molar refractivity (Wildman–Crippen MR) is 104 cm³/mol. The highest BCUT2D eigenvalue weighted by molar-refractivity contribution is 5.99. The molecule has 8 nitrogen and oxygen atoms in total. The van der Waals surface area contributed by atoms with Crippen LogP contribution in [0.25, 0.3) is 5.65 Å². The first-order valence-electron chi connectivity index (χ1n) is 9.88. The number of carbonyl (C=O) groups is 1. The summed E-state index contributed by atoms with van der Waals surface area (Å²) in [5.41, 5.74) is 1.69. The van der Waals surface area contributed by atoms with E-state index in [9.17, 15) is 9.18 Å². The SMILES string of the molecule is O=C1NCCCCOc2ncc(F)cc2[C@H]2CCCN2c2ccn3ncc1c3n2. The van der Waals surface area contributed by atoms with Gasteiger partial charge in [-0.05, 0) is 37.8 Å². The van der Waals surface area contributed by atoms with Crippen LogP contribution in [-0.4, -0.2) is 45.2 Å². The van der Waals surface area contributed by atoms with E-state index < -0.39 is 0 Å². The number of aromatic nitrogens is 4. The van der Waals surface area contributed by atoms with Crippen molar-refractivity contribution >= 4 is 17.4 Å². The van der Waals surface area contributed by atoms with Gasteiger partial charge in [0.25, 0.3) is 5.91 Å². The number of nitrogens with one attached hydrogen (secondary N) is 1. The summed E-state index contributed by atoms with van der Waals surface area (Å²) in [6, 6.07) is 3.29. The van der Waals surface area contributed by atoms with Crippen molar-refractivity contribution < 1.29 is 13.9 Å². The number of hydrogen-bond donors (Lipinski definition) is 1. The lowest BCUT2D eigenvalue weighted by Gasteiger charge is -2.27. The second kappa shape index (κ2) is 7.31. The zero-order chi connectivity index (χ0) is 19.8. The molecule has 1 fully saturated rings. The van der Waals surface area contributed by atoms with Crippen LogP contribution in [-0.2, 0) is 0 Å². The number of nitrogens with zero attached hydrogens (tertiary/aromatic N) is 5. The molecule has 0 aliphatic carbocycles. The van der Waals surface area contributed by atoms with E-state index in [1.807, 2.05) is 6.07 Å². The van der Waals surface area contributed by atoms with Crippen LogP contribution in [0.3, 0.4) is 0 Å². The van der Waals surface area contributed by atoms with Crippen LogP contribution in [0.2, 0.25) is 0 Å². The fourth-order valence-electron chi connectivity index (χ4n) is 4.04. The van der Waals surface area contributed by atoms with Gasteiger partial charge in [-0.3, -0.25) is 4.79 Å². The van der Waals surface area contributed by atoms with E-state index >= 15 is 0 Å². The maximum Gasteiger partial charge on any atom is 0.256 e. The molecule has 0 saturated carbocycles. The lowest BCUT2D eigenvalue weighted by atomic mass is 10.1. The molecule has 1 atom stereocenters. The number of fused-ring (bicyclic) bond motifs is 5. The molecule has 0 spiro atoms. The van der Waals surface area contributed by atoms with E-state index in [1.165, 1.54) is 12.3 Å². The first-order valence-corrected chi connectivity index (χ1v) is 9.88. The molecule has 9 heteroatoms. The zero-order valence-corrected chi connectivity index (χ0v) is 15.8. The summed E-state index contributed by atoms with van der Waals surface area (Å²) < 4.78 is 21.5. The molecule has 1 N–H and O–H groups in total. The van der Waals surface area contributed by atoms with E-state index in [1.54, 1.807) is 16.9 Å². The molecule has 1 saturated heterocycles. The Morgan fingerprint density at radius 2 is 2.17 bits per heavy atom. The quantitative estimate of drug-likeness (QED) is 0.629. The van der Waals surface area contributed by atoms with E-state index in [4.69, 9.17) is 9.72 Å². The third-order valence-corrected chi connectivity index (χ3v) is 5.45. The van der Waals surface area contributed by atoms with E-state index in [0.717, 1.165) is 43.6 Å². The molecule has 2 aliphatic rings. The Hall–Kier alpha value is -3.23. The van der Waals surface area contributed by atoms with Gasteiger partial charge in [0.05, 0.1) is 25.0 Å². The van der Waals surface area contributed by atoms with Crippen molar-refractivity contribution in [2.75, 3.05) is 24.6 Å². The molecule has 2 bridgehead atoms. The number of carbonyl (C=O) groups excluding carboxylic acids is 1. The number of hydrogen-bond acceptors (Lipinski definition) is 6. The van der Waals surface area contributed by atoms with Gasteiger partial charge in [-0.1, -0.05) is 0 Å². The Bertz CT molecular complexity index is 1070. The van der Waals surface area contributed by atoms with Crippen molar-refractivity contribution in [3.8, 4) is 5.88 Å². The fraction of sp³-hybridized carbons (Fsp3) is 0.400. The zero-order valence-electron chi connectivity index (χ0n) is 15.8. The van der Waals surface area contributed by atoms with Gasteiger partial charge in [-0.2, -0.15) is 5.10 Å². The largest absolute Gasteiger partial charge is 0.477 e. The van der Waals surface area contributed by atoms with Crippen LogP contribution in [0, 0.1) is 5.82 Å². The summed E-state index contributed by atoms with van der Waals surface area (Å²) in [5, 5.41) is 7.16. The van der Waals surface area contributed by atoms with Crippen LogP contribution in [0.5, 0.6) is 5.88 Å². The van der Waals surface area contributed by atoms with Crippen LogP contribution in [0.1, 0.15) is 47.6 Å². The van der Waals surface area contributed by atoms with E-state index in [2.05, 4.69) is 20.3 Å². The molecule has 2 aliphatic heterocycles. The highest BCUT2D eigenvalue weighted by Gasteiger charge is 2.31. The lowest BCUT2D eigenvalue weighted by molar-refractivity contribution is 0.0953. The number of rotatable bonds is 0. The normalized spacial score (nSPS) is 19.8. The third-order valence-electron chi connectivity index (χ3n) is 5.45. The lowest BCUT2D eigenvalue weighted by Crippen LogP contribution is -2.25. The minimum atomic E-state index is -0.381. The van der Waals surface area contributed by atoms with Gasteiger partial charge in [0, 0.05) is 24.8 Å². The van der Waals surface area contributed by atoms with E-state index in [0.29, 0.717) is 30.2 Å². The highest BCUT2D eigenvalue weighted by atomic mass is 19.1. The highest BCUT2D eigenvalue weighted by Crippen LogP contribution is 2.39. The van der Waals surface area contributed by atoms with Crippen molar-refractivity contribution in [2.24, 2.45) is 0 Å². The third kappa shape index (κ3) is 3.26. The minimum absolute atomic E-state index is 0.0894. The Morgan fingerprint density at radius 1 is 1.24 bits per heavy atom. The summed E-state index contributed by atoms with van der Waals surface area (Å²) >= 11 is 0. The number of ether oxygens (including phenoxy) is 1. The summed E-state index contributed by atoms with van der Waals surface area (Å²) in [5.74, 6) is 0.617. The summed E-state index contributed by atoms with van der Waals surface area (Å²) in [4.78, 5) is 23.6. The van der Waals surface area contributed by atoms with Gasteiger partial charge in [0.2, 0.25) is 5.88 Å². The standard InChI is InChI=1S/C20H21FN6O2/c21-13-10-14-16-4-3-7-26(16)17-5-8-27-18(25-17)15(12-24-27)19(28)22-6-1-2-9-29-20(14)23-11-13/h5,8,10-12,16H,1-4,6-7,9H2,(H,22,28)/t16-/m1/s1. The molecule has 3 aromatic rings. The molecule has 5 rings (SSSR count). The van der Waals surface area contributed by atoms with Gasteiger partial charge >= 0.3 is 0 Å². The number of anilines is 1.